The third kappa shape index (κ3) is 2.63. The number of carbonyl (C=O) groups is 1. The first-order valence-electron chi connectivity index (χ1n) is 6.44. The van der Waals surface area contributed by atoms with Gasteiger partial charge in [0, 0.05) is 11.9 Å². The van der Waals surface area contributed by atoms with Crippen LogP contribution in [0.3, 0.4) is 0 Å². The quantitative estimate of drug-likeness (QED) is 0.769. The maximum atomic E-state index is 13.3. The van der Waals surface area contributed by atoms with Crippen LogP contribution in [0.25, 0.3) is 10.8 Å². The lowest BCUT2D eigenvalue weighted by Crippen LogP contribution is -2.52. The molecule has 2 aromatic rings. The molecule has 0 radical (unpaired) electrons. The molecule has 2 aromatic carbocycles. The van der Waals surface area contributed by atoms with Crippen LogP contribution < -0.4 is 4.90 Å². The van der Waals surface area contributed by atoms with Crippen molar-refractivity contribution in [3.8, 4) is 0 Å². The number of nitrogens with zero attached hydrogens (tertiary/aromatic N) is 1. The summed E-state index contributed by atoms with van der Waals surface area (Å²) in [4.78, 5) is 12.2. The van der Waals surface area contributed by atoms with E-state index in [1.807, 2.05) is 0 Å². The molecule has 2 nitrogen and oxygen atoms in total. The smallest absolute Gasteiger partial charge is 0.307 e. The molecule has 0 atom stereocenters. The SMILES string of the molecule is CCN(C(=O)C(F)(F)C(F)(F)F)c1cccc2ccccc12. The first kappa shape index (κ1) is 16.2. The van der Waals surface area contributed by atoms with Crippen molar-refractivity contribution in [3.63, 3.8) is 0 Å². The molecule has 0 saturated carbocycles. The summed E-state index contributed by atoms with van der Waals surface area (Å²) in [7, 11) is 0. The van der Waals surface area contributed by atoms with Gasteiger partial charge in [0.15, 0.2) is 0 Å². The van der Waals surface area contributed by atoms with Crippen molar-refractivity contribution in [1.82, 2.24) is 0 Å². The van der Waals surface area contributed by atoms with E-state index in [-0.39, 0.29) is 12.2 Å². The van der Waals surface area contributed by atoms with Crippen LogP contribution in [-0.4, -0.2) is 24.6 Å². The zero-order chi connectivity index (χ0) is 16.5. The Bertz CT molecular complexity index is 690. The van der Waals surface area contributed by atoms with Crippen LogP contribution in [0.2, 0.25) is 0 Å². The summed E-state index contributed by atoms with van der Waals surface area (Å²) in [6.07, 6.45) is -5.93. The van der Waals surface area contributed by atoms with Crippen molar-refractivity contribution < 1.29 is 26.7 Å². The van der Waals surface area contributed by atoms with Gasteiger partial charge in [0.1, 0.15) is 0 Å². The molecule has 0 heterocycles. The third-order valence-electron chi connectivity index (χ3n) is 3.24. The van der Waals surface area contributed by atoms with Gasteiger partial charge in [-0.1, -0.05) is 36.4 Å². The molecule has 0 aliphatic rings. The van der Waals surface area contributed by atoms with Crippen molar-refractivity contribution in [2.45, 2.75) is 19.0 Å². The van der Waals surface area contributed by atoms with E-state index in [9.17, 15) is 26.7 Å². The highest BCUT2D eigenvalue weighted by Gasteiger charge is 2.64. The summed E-state index contributed by atoms with van der Waals surface area (Å²) < 4.78 is 63.9. The third-order valence-corrected chi connectivity index (χ3v) is 3.24. The van der Waals surface area contributed by atoms with E-state index < -0.39 is 18.0 Å². The first-order chi connectivity index (χ1) is 10.2. The number of hydrogen-bond acceptors (Lipinski definition) is 1. The minimum Gasteiger partial charge on any atom is -0.307 e. The maximum absolute atomic E-state index is 13.3. The van der Waals surface area contributed by atoms with Crippen LogP contribution in [0.5, 0.6) is 0 Å². The standard InChI is InChI=1S/C15H12F5NO/c1-2-21(13(22)14(16,17)15(18,19)20)12-9-5-7-10-6-3-4-8-11(10)12/h3-9H,2H2,1H3. The molecule has 0 N–H and O–H groups in total. The number of benzene rings is 2. The van der Waals surface area contributed by atoms with Crippen molar-refractivity contribution >= 4 is 22.4 Å². The molecule has 0 aliphatic carbocycles. The van der Waals surface area contributed by atoms with E-state index in [0.717, 1.165) is 0 Å². The lowest BCUT2D eigenvalue weighted by atomic mass is 10.1. The van der Waals surface area contributed by atoms with Crippen molar-refractivity contribution in [2.75, 3.05) is 11.4 Å². The Hall–Kier alpha value is -2.18. The molecule has 0 spiro atoms. The van der Waals surface area contributed by atoms with Crippen LogP contribution in [0.1, 0.15) is 6.92 Å². The van der Waals surface area contributed by atoms with E-state index in [1.54, 1.807) is 30.3 Å². The number of amides is 1. The lowest BCUT2D eigenvalue weighted by Gasteiger charge is -2.28. The van der Waals surface area contributed by atoms with Gasteiger partial charge in [-0.05, 0) is 18.4 Å². The Morgan fingerprint density at radius 3 is 2.18 bits per heavy atom. The summed E-state index contributed by atoms with van der Waals surface area (Å²) in [5.41, 5.74) is 0.0227. The van der Waals surface area contributed by atoms with Gasteiger partial charge in [0.05, 0.1) is 5.69 Å². The molecule has 0 saturated heterocycles. The number of rotatable bonds is 3. The van der Waals surface area contributed by atoms with Gasteiger partial charge in [0.2, 0.25) is 0 Å². The minimum absolute atomic E-state index is 0.0227. The molecular weight excluding hydrogens is 305 g/mol. The zero-order valence-electron chi connectivity index (χ0n) is 11.5. The second kappa shape index (κ2) is 5.55. The number of hydrogen-bond donors (Lipinski definition) is 0. The van der Waals surface area contributed by atoms with Crippen LogP contribution >= 0.6 is 0 Å². The number of carbonyl (C=O) groups excluding carboxylic acids is 1. The molecular formula is C15H12F5NO. The Kier molecular flexibility index (Phi) is 4.08. The van der Waals surface area contributed by atoms with E-state index in [0.29, 0.717) is 15.7 Å². The normalized spacial score (nSPS) is 12.5. The number of anilines is 1. The molecule has 0 aliphatic heterocycles. The van der Waals surface area contributed by atoms with Crippen LogP contribution in [0.4, 0.5) is 27.6 Å². The van der Waals surface area contributed by atoms with Crippen LogP contribution in [0.15, 0.2) is 42.5 Å². The monoisotopic (exact) mass is 317 g/mol. The minimum atomic E-state index is -5.93. The van der Waals surface area contributed by atoms with Crippen molar-refractivity contribution in [3.05, 3.63) is 42.5 Å². The second-order valence-electron chi connectivity index (χ2n) is 4.62. The number of halogens is 5. The van der Waals surface area contributed by atoms with Gasteiger partial charge in [-0.25, -0.2) is 0 Å². The fourth-order valence-electron chi connectivity index (χ4n) is 2.16. The highest BCUT2D eigenvalue weighted by atomic mass is 19.4. The van der Waals surface area contributed by atoms with E-state index >= 15 is 0 Å². The number of alkyl halides is 5. The van der Waals surface area contributed by atoms with Crippen LogP contribution in [-0.2, 0) is 4.79 Å². The summed E-state index contributed by atoms with van der Waals surface area (Å²) >= 11 is 0. The van der Waals surface area contributed by atoms with Gasteiger partial charge < -0.3 is 4.90 Å². The predicted octanol–water partition coefficient (Wildman–Crippen LogP) is 4.39. The fourth-order valence-corrected chi connectivity index (χ4v) is 2.16. The van der Waals surface area contributed by atoms with Gasteiger partial charge in [-0.3, -0.25) is 4.79 Å². The summed E-state index contributed by atoms with van der Waals surface area (Å²) in [5.74, 6) is -7.71. The summed E-state index contributed by atoms with van der Waals surface area (Å²) in [6, 6.07) is 11.1. The molecule has 0 aromatic heterocycles. The molecule has 2 rings (SSSR count). The average molecular weight is 317 g/mol. The molecule has 0 bridgehead atoms. The molecule has 7 heteroatoms. The Balaban J connectivity index is 2.54. The number of fused-ring (bicyclic) bond motifs is 1. The highest BCUT2D eigenvalue weighted by Crippen LogP contribution is 2.38. The van der Waals surface area contributed by atoms with Crippen LogP contribution in [0, 0.1) is 0 Å². The Morgan fingerprint density at radius 2 is 1.59 bits per heavy atom. The first-order valence-corrected chi connectivity index (χ1v) is 6.44. The van der Waals surface area contributed by atoms with Gasteiger partial charge in [0.25, 0.3) is 0 Å². The van der Waals surface area contributed by atoms with E-state index in [2.05, 4.69) is 0 Å². The topological polar surface area (TPSA) is 20.3 Å². The zero-order valence-corrected chi connectivity index (χ0v) is 11.5. The Morgan fingerprint density at radius 1 is 1.00 bits per heavy atom. The predicted molar refractivity (Wildman–Crippen MR) is 73.0 cm³/mol. The lowest BCUT2D eigenvalue weighted by molar-refractivity contribution is -0.268. The van der Waals surface area contributed by atoms with Crippen molar-refractivity contribution in [1.29, 1.82) is 0 Å². The summed E-state index contributed by atoms with van der Waals surface area (Å²) in [6.45, 7) is 1.03. The molecule has 1 amide bonds. The average Bonchev–Trinajstić information content (AvgIpc) is 2.47. The van der Waals surface area contributed by atoms with E-state index in [1.165, 1.54) is 19.1 Å². The van der Waals surface area contributed by atoms with Gasteiger partial charge in [-0.2, -0.15) is 22.0 Å². The molecule has 22 heavy (non-hydrogen) atoms. The Labute approximate surface area is 123 Å². The highest BCUT2D eigenvalue weighted by molar-refractivity contribution is 6.06. The van der Waals surface area contributed by atoms with Gasteiger partial charge >= 0.3 is 18.0 Å². The van der Waals surface area contributed by atoms with Gasteiger partial charge in [-0.15, -0.1) is 0 Å². The maximum Gasteiger partial charge on any atom is 0.463 e. The largest absolute Gasteiger partial charge is 0.463 e. The van der Waals surface area contributed by atoms with Crippen molar-refractivity contribution in [2.24, 2.45) is 0 Å². The van der Waals surface area contributed by atoms with E-state index in [4.69, 9.17) is 0 Å². The molecule has 0 unspecified atom stereocenters. The fraction of sp³-hybridized carbons (Fsp3) is 0.267. The molecule has 0 fully saturated rings. The molecule has 118 valence electrons. The second-order valence-corrected chi connectivity index (χ2v) is 4.62. The summed E-state index contributed by atoms with van der Waals surface area (Å²) in [5, 5.41) is 1.07.